The predicted octanol–water partition coefficient (Wildman–Crippen LogP) is 1.22. The summed E-state index contributed by atoms with van der Waals surface area (Å²) in [7, 11) is 0. The van der Waals surface area contributed by atoms with Crippen LogP contribution in [0.3, 0.4) is 0 Å². The molecule has 1 aliphatic rings. The number of rotatable bonds is 4. The van der Waals surface area contributed by atoms with Gasteiger partial charge in [0.05, 0.1) is 23.6 Å². The van der Waals surface area contributed by atoms with Crippen molar-refractivity contribution in [3.8, 4) is 0 Å². The van der Waals surface area contributed by atoms with Gasteiger partial charge >= 0.3 is 0 Å². The Morgan fingerprint density at radius 1 is 1.43 bits per heavy atom. The molecule has 0 spiro atoms. The maximum atomic E-state index is 13.0. The number of imidazole rings is 1. The highest BCUT2D eigenvalue weighted by Crippen LogP contribution is 2.24. The molecule has 3 N–H and O–H groups in total. The van der Waals surface area contributed by atoms with Crippen LogP contribution in [0.5, 0.6) is 0 Å². The normalized spacial score (nSPS) is 20.8. The monoisotopic (exact) mass is 294 g/mol. The average molecular weight is 294 g/mol. The smallest absolute Gasteiger partial charge is 0.262 e. The molecule has 3 rings (SSSR count). The molecule has 1 aromatic carbocycles. The lowest BCUT2D eigenvalue weighted by atomic mass is 10.2. The van der Waals surface area contributed by atoms with Gasteiger partial charge in [0.1, 0.15) is 5.82 Å². The van der Waals surface area contributed by atoms with Crippen molar-refractivity contribution in [1.29, 1.82) is 0 Å². The third-order valence-corrected chi connectivity index (χ3v) is 3.53. The minimum Gasteiger partial charge on any atom is -0.354 e. The van der Waals surface area contributed by atoms with Gasteiger partial charge in [0.2, 0.25) is 5.91 Å². The number of halogens is 2. The third kappa shape index (κ3) is 3.18. The van der Waals surface area contributed by atoms with Crippen LogP contribution in [0.15, 0.2) is 24.3 Å². The molecule has 0 bridgehead atoms. The number of fused-ring (bicyclic) bond motifs is 1. The van der Waals surface area contributed by atoms with Crippen LogP contribution in [0.1, 0.15) is 12.2 Å². The lowest BCUT2D eigenvalue weighted by molar-refractivity contribution is -0.123. The highest BCUT2D eigenvalue weighted by molar-refractivity contribution is 5.82. The van der Waals surface area contributed by atoms with Gasteiger partial charge in [-0.3, -0.25) is 10.1 Å². The van der Waals surface area contributed by atoms with Crippen LogP contribution in [0.25, 0.3) is 11.0 Å². The van der Waals surface area contributed by atoms with Gasteiger partial charge in [-0.2, -0.15) is 0 Å². The van der Waals surface area contributed by atoms with Gasteiger partial charge < -0.3 is 10.3 Å². The topological polar surface area (TPSA) is 69.8 Å². The summed E-state index contributed by atoms with van der Waals surface area (Å²) in [6.45, 7) is -0.0724. The Hall–Kier alpha value is -2.02. The average Bonchev–Trinajstić information content (AvgIpc) is 3.01. The Labute approximate surface area is 120 Å². The molecule has 5 nitrogen and oxygen atoms in total. The van der Waals surface area contributed by atoms with Crippen LogP contribution in [-0.4, -0.2) is 40.9 Å². The first-order valence-electron chi connectivity index (χ1n) is 6.86. The van der Waals surface area contributed by atoms with E-state index in [1.165, 1.54) is 0 Å². The molecular weight excluding hydrogens is 278 g/mol. The number of H-pyrrole nitrogens is 1. The van der Waals surface area contributed by atoms with Gasteiger partial charge in [-0.15, -0.1) is 0 Å². The Balaban J connectivity index is 1.51. The van der Waals surface area contributed by atoms with Crippen LogP contribution >= 0.6 is 0 Å². The molecule has 2 heterocycles. The third-order valence-electron chi connectivity index (χ3n) is 3.53. The maximum Gasteiger partial charge on any atom is 0.262 e. The zero-order chi connectivity index (χ0) is 14.9. The van der Waals surface area contributed by atoms with Crippen molar-refractivity contribution in [1.82, 2.24) is 20.6 Å². The predicted molar refractivity (Wildman–Crippen MR) is 74.2 cm³/mol. The second kappa shape index (κ2) is 5.40. The molecule has 1 unspecified atom stereocenters. The fraction of sp³-hybridized carbons (Fsp3) is 0.429. The molecule has 0 aliphatic carbocycles. The number of carbonyl (C=O) groups excluding carboxylic acids is 1. The molecule has 112 valence electrons. The molecule has 1 amide bonds. The Morgan fingerprint density at radius 2 is 2.24 bits per heavy atom. The number of aromatic amines is 1. The van der Waals surface area contributed by atoms with Gasteiger partial charge in [-0.05, 0) is 12.1 Å². The van der Waals surface area contributed by atoms with E-state index in [1.54, 1.807) is 0 Å². The summed E-state index contributed by atoms with van der Waals surface area (Å²) in [5, 5.41) is 5.19. The number of nitrogens with zero attached hydrogens (tertiary/aromatic N) is 1. The minimum atomic E-state index is -2.79. The Kier molecular flexibility index (Phi) is 3.59. The summed E-state index contributed by atoms with van der Waals surface area (Å²) in [5.41, 5.74) is 1.81. The molecule has 0 saturated carbocycles. The van der Waals surface area contributed by atoms with Crippen LogP contribution < -0.4 is 10.6 Å². The largest absolute Gasteiger partial charge is 0.354 e. The first-order chi connectivity index (χ1) is 10.0. The van der Waals surface area contributed by atoms with Crippen molar-refractivity contribution in [3.63, 3.8) is 0 Å². The van der Waals surface area contributed by atoms with E-state index >= 15 is 0 Å². The molecule has 2 aromatic rings. The molecule has 1 fully saturated rings. The van der Waals surface area contributed by atoms with Crippen molar-refractivity contribution in [2.24, 2.45) is 0 Å². The molecular formula is C14H16F2N4O. The number of hydrogen-bond acceptors (Lipinski definition) is 3. The fourth-order valence-electron chi connectivity index (χ4n) is 2.45. The van der Waals surface area contributed by atoms with E-state index in [9.17, 15) is 13.6 Å². The summed E-state index contributed by atoms with van der Waals surface area (Å²) in [5.74, 6) is -2.41. The summed E-state index contributed by atoms with van der Waals surface area (Å²) in [6.07, 6.45) is 0.0903. The number of nitrogens with one attached hydrogen (secondary N) is 3. The summed E-state index contributed by atoms with van der Waals surface area (Å²) in [6, 6.07) is 6.84. The van der Waals surface area contributed by atoms with Crippen molar-refractivity contribution >= 4 is 16.9 Å². The van der Waals surface area contributed by atoms with Crippen LogP contribution in [0.2, 0.25) is 0 Å². The van der Waals surface area contributed by atoms with Gasteiger partial charge in [0.15, 0.2) is 0 Å². The standard InChI is InChI=1S/C14H16F2N4O/c15-14(16)7-11(18-8-14)13(21)17-6-5-12-19-9-3-1-2-4-10(9)20-12/h1-4,11,18H,5-8H2,(H,17,21)(H,19,20). The van der Waals surface area contributed by atoms with E-state index in [1.807, 2.05) is 24.3 Å². The van der Waals surface area contributed by atoms with Crippen LogP contribution in [-0.2, 0) is 11.2 Å². The highest BCUT2D eigenvalue weighted by atomic mass is 19.3. The molecule has 21 heavy (non-hydrogen) atoms. The summed E-state index contributed by atoms with van der Waals surface area (Å²) in [4.78, 5) is 19.3. The molecule has 1 atom stereocenters. The lowest BCUT2D eigenvalue weighted by Gasteiger charge is -2.10. The van der Waals surface area contributed by atoms with Crippen LogP contribution in [0, 0.1) is 0 Å². The van der Waals surface area contributed by atoms with Crippen molar-refractivity contribution < 1.29 is 13.6 Å². The number of hydrogen-bond donors (Lipinski definition) is 3. The zero-order valence-electron chi connectivity index (χ0n) is 11.3. The number of alkyl halides is 2. The van der Waals surface area contributed by atoms with E-state index in [2.05, 4.69) is 20.6 Å². The lowest BCUT2D eigenvalue weighted by Crippen LogP contribution is -2.41. The van der Waals surface area contributed by atoms with E-state index in [4.69, 9.17) is 0 Å². The summed E-state index contributed by atoms with van der Waals surface area (Å²) >= 11 is 0. The SMILES string of the molecule is O=C(NCCc1nc2ccccc2[nH]1)C1CC(F)(F)CN1. The van der Waals surface area contributed by atoms with Gasteiger partial charge in [0.25, 0.3) is 5.92 Å². The highest BCUT2D eigenvalue weighted by Gasteiger charge is 2.42. The van der Waals surface area contributed by atoms with Gasteiger partial charge in [-0.1, -0.05) is 12.1 Å². The van der Waals surface area contributed by atoms with Gasteiger partial charge in [0, 0.05) is 19.4 Å². The Bertz CT molecular complexity index is 622. The number of aromatic nitrogens is 2. The molecule has 0 radical (unpaired) electrons. The molecule has 1 aromatic heterocycles. The van der Waals surface area contributed by atoms with Crippen LogP contribution in [0.4, 0.5) is 8.78 Å². The number of benzene rings is 1. The fourth-order valence-corrected chi connectivity index (χ4v) is 2.45. The zero-order valence-corrected chi connectivity index (χ0v) is 11.3. The number of carbonyl (C=O) groups is 1. The maximum absolute atomic E-state index is 13.0. The van der Waals surface area contributed by atoms with Crippen molar-refractivity contribution in [2.75, 3.05) is 13.1 Å². The number of para-hydroxylation sites is 2. The Morgan fingerprint density at radius 3 is 2.95 bits per heavy atom. The first-order valence-corrected chi connectivity index (χ1v) is 6.86. The minimum absolute atomic E-state index is 0.363. The summed E-state index contributed by atoms with van der Waals surface area (Å²) < 4.78 is 26.0. The first kappa shape index (κ1) is 13.9. The molecule has 1 saturated heterocycles. The molecule has 7 heteroatoms. The quantitative estimate of drug-likeness (QED) is 0.794. The van der Waals surface area contributed by atoms with E-state index in [0.717, 1.165) is 16.9 Å². The van der Waals surface area contributed by atoms with Crippen molar-refractivity contribution in [2.45, 2.75) is 24.8 Å². The van der Waals surface area contributed by atoms with E-state index < -0.39 is 24.9 Å². The molecule has 1 aliphatic heterocycles. The van der Waals surface area contributed by atoms with Crippen molar-refractivity contribution in [3.05, 3.63) is 30.1 Å². The number of amides is 1. The second-order valence-electron chi connectivity index (χ2n) is 5.24. The van der Waals surface area contributed by atoms with E-state index in [0.29, 0.717) is 13.0 Å². The van der Waals surface area contributed by atoms with Gasteiger partial charge in [-0.25, -0.2) is 13.8 Å². The van der Waals surface area contributed by atoms with E-state index in [-0.39, 0.29) is 5.91 Å². The second-order valence-corrected chi connectivity index (χ2v) is 5.24.